The van der Waals surface area contributed by atoms with Crippen molar-refractivity contribution in [3.8, 4) is 0 Å². The maximum absolute atomic E-state index is 11.4. The van der Waals surface area contributed by atoms with Crippen LogP contribution in [0.3, 0.4) is 0 Å². The predicted octanol–water partition coefficient (Wildman–Crippen LogP) is -1.19. The first-order valence-electron chi connectivity index (χ1n) is 4.19. The van der Waals surface area contributed by atoms with Crippen LogP contribution in [0.1, 0.15) is 19.3 Å². The first-order chi connectivity index (χ1) is 5.97. The van der Waals surface area contributed by atoms with Gasteiger partial charge >= 0.3 is 0 Å². The quantitative estimate of drug-likeness (QED) is 0.531. The van der Waals surface area contributed by atoms with Gasteiger partial charge in [-0.25, -0.2) is 13.1 Å². The van der Waals surface area contributed by atoms with E-state index in [2.05, 4.69) is 4.72 Å². The molecule has 0 saturated heterocycles. The van der Waals surface area contributed by atoms with Gasteiger partial charge in [-0.3, -0.25) is 0 Å². The van der Waals surface area contributed by atoms with Crippen molar-refractivity contribution >= 4 is 10.0 Å². The van der Waals surface area contributed by atoms with Gasteiger partial charge in [-0.15, -0.1) is 0 Å². The fourth-order valence-corrected chi connectivity index (χ4v) is 2.92. The lowest BCUT2D eigenvalue weighted by molar-refractivity contribution is 0.0857. The molecule has 1 saturated carbocycles. The molecule has 13 heavy (non-hydrogen) atoms. The monoisotopic (exact) mass is 209 g/mol. The summed E-state index contributed by atoms with van der Waals surface area (Å²) >= 11 is 0. The molecule has 1 rings (SSSR count). The van der Waals surface area contributed by atoms with E-state index >= 15 is 0 Å². The first kappa shape index (κ1) is 10.9. The zero-order chi connectivity index (χ0) is 10.1. The molecular weight excluding hydrogens is 194 g/mol. The zero-order valence-electron chi connectivity index (χ0n) is 7.52. The van der Waals surface area contributed by atoms with Gasteiger partial charge in [-0.05, 0) is 26.3 Å². The molecule has 1 aliphatic carbocycles. The Bertz CT molecular complexity index is 270. The van der Waals surface area contributed by atoms with E-state index in [-0.39, 0.29) is 13.0 Å². The second kappa shape index (κ2) is 3.53. The number of aliphatic hydroxyl groups is 2. The maximum atomic E-state index is 11.4. The summed E-state index contributed by atoms with van der Waals surface area (Å²) in [6.45, 7) is -0.388. The van der Waals surface area contributed by atoms with Gasteiger partial charge in [-0.2, -0.15) is 0 Å². The molecular formula is C7H15NO4S. The lowest BCUT2D eigenvalue weighted by Gasteiger charge is -2.17. The lowest BCUT2D eigenvalue weighted by atomic mass is 10.2. The van der Waals surface area contributed by atoms with Gasteiger partial charge in [0, 0.05) is 0 Å². The Balaban J connectivity index is 2.68. The summed E-state index contributed by atoms with van der Waals surface area (Å²) in [5.74, 6) is 0. The maximum Gasteiger partial charge on any atom is 0.217 e. The largest absolute Gasteiger partial charge is 0.394 e. The molecule has 0 aromatic rings. The van der Waals surface area contributed by atoms with E-state index in [1.807, 2.05) is 0 Å². The highest BCUT2D eigenvalue weighted by atomic mass is 32.2. The van der Waals surface area contributed by atoms with Crippen molar-refractivity contribution in [1.29, 1.82) is 0 Å². The summed E-state index contributed by atoms with van der Waals surface area (Å²) in [6, 6.07) is 0. The van der Waals surface area contributed by atoms with E-state index in [0.717, 1.165) is 0 Å². The normalized spacial score (nSPS) is 22.7. The topological polar surface area (TPSA) is 86.6 Å². The molecule has 0 aliphatic heterocycles. The van der Waals surface area contributed by atoms with Gasteiger partial charge in [0.05, 0.1) is 17.5 Å². The van der Waals surface area contributed by atoms with Crippen LogP contribution in [-0.2, 0) is 10.0 Å². The van der Waals surface area contributed by atoms with Gasteiger partial charge in [-0.1, -0.05) is 0 Å². The molecule has 0 bridgehead atoms. The van der Waals surface area contributed by atoms with Gasteiger partial charge in [0.25, 0.3) is 0 Å². The van der Waals surface area contributed by atoms with Crippen LogP contribution in [0.5, 0.6) is 0 Å². The Morgan fingerprint density at radius 2 is 2.08 bits per heavy atom. The van der Waals surface area contributed by atoms with Crippen LogP contribution in [0.15, 0.2) is 0 Å². The molecule has 5 nitrogen and oxygen atoms in total. The number of sulfonamides is 1. The van der Waals surface area contributed by atoms with E-state index in [1.54, 1.807) is 0 Å². The van der Waals surface area contributed by atoms with Crippen molar-refractivity contribution in [3.05, 3.63) is 0 Å². The summed E-state index contributed by atoms with van der Waals surface area (Å²) in [5, 5.41) is 17.7. The van der Waals surface area contributed by atoms with Crippen LogP contribution in [0.2, 0.25) is 0 Å². The molecule has 6 heteroatoms. The van der Waals surface area contributed by atoms with Crippen LogP contribution in [-0.4, -0.2) is 43.1 Å². The minimum Gasteiger partial charge on any atom is -0.394 e. The van der Waals surface area contributed by atoms with Crippen molar-refractivity contribution in [1.82, 2.24) is 4.72 Å². The summed E-state index contributed by atoms with van der Waals surface area (Å²) in [5.41, 5.74) is 0. The summed E-state index contributed by atoms with van der Waals surface area (Å²) in [6.07, 6.45) is 0.304. The molecule has 78 valence electrons. The van der Waals surface area contributed by atoms with Crippen LogP contribution < -0.4 is 4.72 Å². The van der Waals surface area contributed by atoms with Gasteiger partial charge in [0.2, 0.25) is 10.0 Å². The van der Waals surface area contributed by atoms with E-state index in [0.29, 0.717) is 12.8 Å². The molecule has 1 aliphatic rings. The highest BCUT2D eigenvalue weighted by molar-refractivity contribution is 7.91. The number of nitrogens with one attached hydrogen (secondary N) is 1. The number of hydrogen-bond donors (Lipinski definition) is 3. The molecule has 1 fully saturated rings. The van der Waals surface area contributed by atoms with E-state index in [4.69, 9.17) is 10.2 Å². The second-order valence-corrected chi connectivity index (χ2v) is 5.71. The SMILES string of the molecule is CNS(=O)(=O)C1(CC(O)CO)CC1. The average molecular weight is 209 g/mol. The average Bonchev–Trinajstić information content (AvgIpc) is 2.86. The minimum atomic E-state index is -3.31. The third-order valence-electron chi connectivity index (χ3n) is 2.46. The van der Waals surface area contributed by atoms with Crippen LogP contribution in [0.25, 0.3) is 0 Å². The first-order valence-corrected chi connectivity index (χ1v) is 5.68. The van der Waals surface area contributed by atoms with Crippen LogP contribution >= 0.6 is 0 Å². The molecule has 1 unspecified atom stereocenters. The molecule has 3 N–H and O–H groups in total. The van der Waals surface area contributed by atoms with E-state index < -0.39 is 20.9 Å². The number of hydrogen-bond acceptors (Lipinski definition) is 4. The Labute approximate surface area is 77.8 Å². The Morgan fingerprint density at radius 1 is 1.54 bits per heavy atom. The fourth-order valence-electron chi connectivity index (χ4n) is 1.43. The number of rotatable bonds is 5. The molecule has 0 amide bonds. The van der Waals surface area contributed by atoms with E-state index in [1.165, 1.54) is 7.05 Å². The van der Waals surface area contributed by atoms with Gasteiger partial charge in [0.1, 0.15) is 0 Å². The third-order valence-corrected chi connectivity index (χ3v) is 4.72. The van der Waals surface area contributed by atoms with Gasteiger partial charge in [0.15, 0.2) is 0 Å². The summed E-state index contributed by atoms with van der Waals surface area (Å²) in [4.78, 5) is 0. The Morgan fingerprint density at radius 3 is 2.38 bits per heavy atom. The van der Waals surface area contributed by atoms with Crippen molar-refractivity contribution in [2.75, 3.05) is 13.7 Å². The molecule has 0 heterocycles. The van der Waals surface area contributed by atoms with Crippen LogP contribution in [0, 0.1) is 0 Å². The summed E-state index contributed by atoms with van der Waals surface area (Å²) in [7, 11) is -1.95. The van der Waals surface area contributed by atoms with Crippen molar-refractivity contribution in [2.45, 2.75) is 30.1 Å². The molecule has 0 aromatic carbocycles. The highest BCUT2D eigenvalue weighted by Gasteiger charge is 2.54. The molecule has 0 radical (unpaired) electrons. The van der Waals surface area contributed by atoms with Crippen molar-refractivity contribution in [2.24, 2.45) is 0 Å². The Hall–Kier alpha value is -0.170. The number of aliphatic hydroxyl groups excluding tert-OH is 2. The van der Waals surface area contributed by atoms with Crippen molar-refractivity contribution < 1.29 is 18.6 Å². The van der Waals surface area contributed by atoms with Crippen molar-refractivity contribution in [3.63, 3.8) is 0 Å². The van der Waals surface area contributed by atoms with Gasteiger partial charge < -0.3 is 10.2 Å². The lowest BCUT2D eigenvalue weighted by Crippen LogP contribution is -2.37. The Kier molecular flexibility index (Phi) is 2.96. The smallest absolute Gasteiger partial charge is 0.217 e. The molecule has 0 aromatic heterocycles. The molecule has 0 spiro atoms. The second-order valence-electron chi connectivity index (χ2n) is 3.43. The minimum absolute atomic E-state index is 0.118. The third kappa shape index (κ3) is 2.01. The highest BCUT2D eigenvalue weighted by Crippen LogP contribution is 2.46. The standard InChI is InChI=1S/C7H15NO4S/c1-8-13(11,12)7(2-3-7)4-6(10)5-9/h6,8-10H,2-5H2,1H3. The fraction of sp³-hybridized carbons (Fsp3) is 1.00. The van der Waals surface area contributed by atoms with E-state index in [9.17, 15) is 8.42 Å². The molecule has 1 atom stereocenters. The van der Waals surface area contributed by atoms with Crippen LogP contribution in [0.4, 0.5) is 0 Å². The summed E-state index contributed by atoms with van der Waals surface area (Å²) < 4.78 is 24.3. The predicted molar refractivity (Wildman–Crippen MR) is 47.7 cm³/mol. The zero-order valence-corrected chi connectivity index (χ0v) is 8.34.